The smallest absolute Gasteiger partial charge is 0.408 e. The summed E-state index contributed by atoms with van der Waals surface area (Å²) >= 11 is 0. The van der Waals surface area contributed by atoms with Gasteiger partial charge in [-0.2, -0.15) is 0 Å². The lowest BCUT2D eigenvalue weighted by Crippen LogP contribution is -2.53. The second-order valence-corrected chi connectivity index (χ2v) is 5.36. The Labute approximate surface area is 112 Å². The van der Waals surface area contributed by atoms with E-state index in [1.165, 1.54) is 4.90 Å². The topological polar surface area (TPSA) is 57.6 Å². The fourth-order valence-corrected chi connectivity index (χ4v) is 2.28. The molecule has 1 saturated heterocycles. The predicted octanol–water partition coefficient (Wildman–Crippen LogP) is 2.80. The van der Waals surface area contributed by atoms with E-state index in [1.807, 2.05) is 30.3 Å². The molecule has 1 amide bonds. The van der Waals surface area contributed by atoms with Crippen molar-refractivity contribution >= 4 is 18.0 Å². The molecule has 0 radical (unpaired) electrons. The van der Waals surface area contributed by atoms with Gasteiger partial charge in [0.1, 0.15) is 0 Å². The molecule has 1 aliphatic rings. The molecular weight excluding hydrogens is 242 g/mol. The Balaban J connectivity index is 2.31. The lowest BCUT2D eigenvalue weighted by atomic mass is 9.86. The number of carboxylic acid groups (broad SMARTS) is 1. The highest BCUT2D eigenvalue weighted by molar-refractivity contribution is 6.02. The highest BCUT2D eigenvalue weighted by Gasteiger charge is 2.39. The number of Topliss-reactive ketones (excluding diaryl/α,β-unsaturated/α-hetero) is 1. The second-order valence-electron chi connectivity index (χ2n) is 5.36. The van der Waals surface area contributed by atoms with E-state index in [-0.39, 0.29) is 18.7 Å². The Morgan fingerprint density at radius 3 is 2.53 bits per heavy atom. The number of ketones is 1. The molecular formula is C15H17NO3. The summed E-state index contributed by atoms with van der Waals surface area (Å²) in [4.78, 5) is 24.7. The Morgan fingerprint density at radius 1 is 1.32 bits per heavy atom. The minimum atomic E-state index is -0.989. The van der Waals surface area contributed by atoms with E-state index in [2.05, 4.69) is 0 Å². The molecule has 4 nitrogen and oxygen atoms in total. The van der Waals surface area contributed by atoms with E-state index in [9.17, 15) is 14.7 Å². The predicted molar refractivity (Wildman–Crippen MR) is 72.9 cm³/mol. The second kappa shape index (κ2) is 4.88. The maximum Gasteiger partial charge on any atom is 0.408 e. The van der Waals surface area contributed by atoms with Gasteiger partial charge in [-0.25, -0.2) is 4.79 Å². The summed E-state index contributed by atoms with van der Waals surface area (Å²) in [5, 5.41) is 9.23. The van der Waals surface area contributed by atoms with Crippen LogP contribution >= 0.6 is 0 Å². The van der Waals surface area contributed by atoms with Crippen molar-refractivity contribution < 1.29 is 14.7 Å². The van der Waals surface area contributed by atoms with Crippen LogP contribution in [0.4, 0.5) is 4.79 Å². The molecule has 1 N–H and O–H groups in total. The molecule has 0 atom stereocenters. The van der Waals surface area contributed by atoms with Gasteiger partial charge in [0, 0.05) is 17.5 Å². The van der Waals surface area contributed by atoms with Crippen molar-refractivity contribution in [3.8, 4) is 0 Å². The van der Waals surface area contributed by atoms with Crippen LogP contribution in [0.15, 0.2) is 35.9 Å². The van der Waals surface area contributed by atoms with Gasteiger partial charge < -0.3 is 5.11 Å². The van der Waals surface area contributed by atoms with Crippen LogP contribution in [0.25, 0.3) is 6.08 Å². The zero-order valence-corrected chi connectivity index (χ0v) is 11.1. The number of hydrogen-bond acceptors (Lipinski definition) is 2. The van der Waals surface area contributed by atoms with Crippen molar-refractivity contribution in [2.75, 3.05) is 6.54 Å². The maximum atomic E-state index is 12.1. The molecule has 2 rings (SSSR count). The summed E-state index contributed by atoms with van der Waals surface area (Å²) < 4.78 is 0. The average Bonchev–Trinajstić information content (AvgIpc) is 2.32. The molecule has 1 heterocycles. The lowest BCUT2D eigenvalue weighted by Gasteiger charge is -2.40. The van der Waals surface area contributed by atoms with E-state index < -0.39 is 11.6 Å². The van der Waals surface area contributed by atoms with Crippen molar-refractivity contribution in [2.24, 2.45) is 0 Å². The SMILES string of the molecule is CC1(C)CC(=O)/C(=C/c2ccccc2)CN1C(=O)O. The first kappa shape index (κ1) is 13.3. The number of likely N-dealkylation sites (tertiary alicyclic amines) is 1. The highest BCUT2D eigenvalue weighted by atomic mass is 16.4. The first-order chi connectivity index (χ1) is 8.90. The minimum absolute atomic E-state index is 0.0198. The summed E-state index contributed by atoms with van der Waals surface area (Å²) in [5.41, 5.74) is 0.820. The van der Waals surface area contributed by atoms with Gasteiger partial charge >= 0.3 is 6.09 Å². The summed E-state index contributed by atoms with van der Waals surface area (Å²) in [7, 11) is 0. The molecule has 0 aromatic heterocycles. The number of piperidine rings is 1. The van der Waals surface area contributed by atoms with Crippen molar-refractivity contribution in [3.63, 3.8) is 0 Å². The molecule has 0 saturated carbocycles. The molecule has 100 valence electrons. The number of hydrogen-bond donors (Lipinski definition) is 1. The lowest BCUT2D eigenvalue weighted by molar-refractivity contribution is -0.119. The van der Waals surface area contributed by atoms with Gasteiger partial charge in [0.2, 0.25) is 0 Å². The largest absolute Gasteiger partial charge is 0.465 e. The standard InChI is InChI=1S/C15H17NO3/c1-15(2)9-13(17)12(10-16(15)14(18)19)8-11-6-4-3-5-7-11/h3-8H,9-10H2,1-2H3,(H,18,19)/b12-8+. The van der Waals surface area contributed by atoms with Crippen LogP contribution < -0.4 is 0 Å². The van der Waals surface area contributed by atoms with Crippen molar-refractivity contribution in [1.29, 1.82) is 0 Å². The van der Waals surface area contributed by atoms with Crippen LogP contribution in [0.5, 0.6) is 0 Å². The number of rotatable bonds is 1. The number of carbonyl (C=O) groups is 2. The summed E-state index contributed by atoms with van der Waals surface area (Å²) in [6.45, 7) is 3.70. The van der Waals surface area contributed by atoms with Crippen LogP contribution in [-0.2, 0) is 4.79 Å². The van der Waals surface area contributed by atoms with Gasteiger partial charge in [-0.15, -0.1) is 0 Å². The van der Waals surface area contributed by atoms with E-state index in [4.69, 9.17) is 0 Å². The zero-order valence-electron chi connectivity index (χ0n) is 11.1. The Hall–Kier alpha value is -2.10. The van der Waals surface area contributed by atoms with E-state index in [1.54, 1.807) is 19.9 Å². The molecule has 1 aromatic rings. The molecule has 0 spiro atoms. The van der Waals surface area contributed by atoms with Gasteiger partial charge in [0.05, 0.1) is 6.54 Å². The third-order valence-electron chi connectivity index (χ3n) is 3.38. The van der Waals surface area contributed by atoms with Gasteiger partial charge in [-0.1, -0.05) is 30.3 Å². The molecule has 19 heavy (non-hydrogen) atoms. The van der Waals surface area contributed by atoms with Crippen LogP contribution in [0.3, 0.4) is 0 Å². The molecule has 1 fully saturated rings. The molecule has 0 bridgehead atoms. The van der Waals surface area contributed by atoms with Crippen molar-refractivity contribution in [3.05, 3.63) is 41.5 Å². The number of benzene rings is 1. The van der Waals surface area contributed by atoms with Crippen LogP contribution in [-0.4, -0.2) is 34.0 Å². The quantitative estimate of drug-likeness (QED) is 0.789. The van der Waals surface area contributed by atoms with Gasteiger partial charge in [-0.3, -0.25) is 9.69 Å². The van der Waals surface area contributed by atoms with E-state index >= 15 is 0 Å². The van der Waals surface area contributed by atoms with Gasteiger partial charge in [-0.05, 0) is 25.5 Å². The van der Waals surface area contributed by atoms with Crippen LogP contribution in [0.1, 0.15) is 25.8 Å². The number of carbonyl (C=O) groups excluding carboxylic acids is 1. The monoisotopic (exact) mass is 259 g/mol. The first-order valence-corrected chi connectivity index (χ1v) is 6.19. The minimum Gasteiger partial charge on any atom is -0.465 e. The Bertz CT molecular complexity index is 532. The van der Waals surface area contributed by atoms with Crippen molar-refractivity contribution in [2.45, 2.75) is 25.8 Å². The molecule has 4 heteroatoms. The molecule has 1 aliphatic heterocycles. The summed E-state index contributed by atoms with van der Waals surface area (Å²) in [6, 6.07) is 9.46. The first-order valence-electron chi connectivity index (χ1n) is 6.19. The maximum absolute atomic E-state index is 12.1. The van der Waals surface area contributed by atoms with Gasteiger partial charge in [0.25, 0.3) is 0 Å². The van der Waals surface area contributed by atoms with E-state index in [0.717, 1.165) is 5.56 Å². The summed E-state index contributed by atoms with van der Waals surface area (Å²) in [5.74, 6) is 0.0198. The fourth-order valence-electron chi connectivity index (χ4n) is 2.28. The molecule has 1 aromatic carbocycles. The van der Waals surface area contributed by atoms with E-state index in [0.29, 0.717) is 5.57 Å². The highest BCUT2D eigenvalue weighted by Crippen LogP contribution is 2.28. The zero-order chi connectivity index (χ0) is 14.0. The van der Waals surface area contributed by atoms with Crippen LogP contribution in [0, 0.1) is 0 Å². The Kier molecular flexibility index (Phi) is 3.42. The third kappa shape index (κ3) is 2.84. The average molecular weight is 259 g/mol. The molecule has 0 unspecified atom stereocenters. The molecule has 0 aliphatic carbocycles. The number of nitrogens with zero attached hydrogens (tertiary/aromatic N) is 1. The normalized spacial score (nSPS) is 20.6. The third-order valence-corrected chi connectivity index (χ3v) is 3.38. The van der Waals surface area contributed by atoms with Crippen LogP contribution in [0.2, 0.25) is 0 Å². The fraction of sp³-hybridized carbons (Fsp3) is 0.333. The van der Waals surface area contributed by atoms with Crippen molar-refractivity contribution in [1.82, 2.24) is 4.90 Å². The summed E-state index contributed by atoms with van der Waals surface area (Å²) in [6.07, 6.45) is 1.00. The number of amides is 1. The Morgan fingerprint density at radius 2 is 1.95 bits per heavy atom. The van der Waals surface area contributed by atoms with Gasteiger partial charge in [0.15, 0.2) is 5.78 Å².